The fraction of sp³-hybridized carbons (Fsp3) is 0.0476. The average molecular weight is 391 g/mol. The van der Waals surface area contributed by atoms with Crippen molar-refractivity contribution >= 4 is 28.4 Å². The molecule has 0 unspecified atom stereocenters. The molecule has 4 aromatic rings. The van der Waals surface area contributed by atoms with Gasteiger partial charge < -0.3 is 0 Å². The molecule has 0 fully saturated rings. The molecule has 0 atom stereocenters. The summed E-state index contributed by atoms with van der Waals surface area (Å²) in [6.45, 7) is 0. The Morgan fingerprint density at radius 2 is 1.89 bits per heavy atom. The van der Waals surface area contributed by atoms with Crippen LogP contribution >= 0.6 is 11.6 Å². The number of rotatable bonds is 4. The molecule has 2 heterocycles. The van der Waals surface area contributed by atoms with Crippen molar-refractivity contribution < 1.29 is 4.79 Å². The van der Waals surface area contributed by atoms with Crippen LogP contribution in [0.25, 0.3) is 10.9 Å². The molecule has 2 aromatic carbocycles. The van der Waals surface area contributed by atoms with E-state index in [1.165, 1.54) is 10.9 Å². The van der Waals surface area contributed by atoms with Gasteiger partial charge in [-0.1, -0.05) is 41.9 Å². The molecule has 28 heavy (non-hydrogen) atoms. The molecular formula is C21H15ClN4O2. The van der Waals surface area contributed by atoms with E-state index >= 15 is 0 Å². The number of fused-ring (bicyclic) bond motifs is 1. The largest absolute Gasteiger partial charge is 0.280 e. The van der Waals surface area contributed by atoms with E-state index in [0.717, 1.165) is 5.56 Å². The fourth-order valence-corrected chi connectivity index (χ4v) is 3.05. The van der Waals surface area contributed by atoms with E-state index in [-0.39, 0.29) is 5.56 Å². The predicted octanol–water partition coefficient (Wildman–Crippen LogP) is 3.42. The van der Waals surface area contributed by atoms with Crippen molar-refractivity contribution in [2.45, 2.75) is 6.42 Å². The second kappa shape index (κ2) is 7.62. The Hall–Kier alpha value is -3.51. The van der Waals surface area contributed by atoms with Crippen LogP contribution in [0.4, 0.5) is 0 Å². The zero-order chi connectivity index (χ0) is 19.5. The van der Waals surface area contributed by atoms with Crippen LogP contribution in [0.15, 0.2) is 77.9 Å². The van der Waals surface area contributed by atoms with Crippen molar-refractivity contribution in [3.8, 4) is 0 Å². The highest BCUT2D eigenvalue weighted by Crippen LogP contribution is 2.16. The first kappa shape index (κ1) is 17.9. The third-order valence-electron chi connectivity index (χ3n) is 4.24. The van der Waals surface area contributed by atoms with Crippen LogP contribution in [0.2, 0.25) is 5.02 Å². The van der Waals surface area contributed by atoms with Crippen molar-refractivity contribution in [2.75, 3.05) is 5.43 Å². The van der Waals surface area contributed by atoms with Crippen LogP contribution in [-0.2, 0) is 6.42 Å². The summed E-state index contributed by atoms with van der Waals surface area (Å²) < 4.78 is 1.19. The average Bonchev–Trinajstić information content (AvgIpc) is 2.72. The lowest BCUT2D eigenvalue weighted by Gasteiger charge is -2.14. The molecule has 4 rings (SSSR count). The molecular weight excluding hydrogens is 376 g/mol. The summed E-state index contributed by atoms with van der Waals surface area (Å²) in [4.78, 5) is 34.2. The van der Waals surface area contributed by atoms with E-state index in [9.17, 15) is 9.59 Å². The first-order valence-corrected chi connectivity index (χ1v) is 8.96. The summed E-state index contributed by atoms with van der Waals surface area (Å²) in [5.74, 6) is -0.0390. The van der Waals surface area contributed by atoms with Crippen molar-refractivity contribution in [3.05, 3.63) is 105 Å². The van der Waals surface area contributed by atoms with Gasteiger partial charge in [0.05, 0.1) is 16.5 Å². The third kappa shape index (κ3) is 3.63. The van der Waals surface area contributed by atoms with Gasteiger partial charge in [-0.05, 0) is 35.9 Å². The van der Waals surface area contributed by atoms with Gasteiger partial charge in [-0.15, -0.1) is 0 Å². The van der Waals surface area contributed by atoms with Gasteiger partial charge in [-0.2, -0.15) is 0 Å². The fourth-order valence-electron chi connectivity index (χ4n) is 2.88. The second-order valence-corrected chi connectivity index (χ2v) is 6.61. The zero-order valence-electron chi connectivity index (χ0n) is 14.7. The molecule has 0 aliphatic rings. The van der Waals surface area contributed by atoms with Crippen molar-refractivity contribution in [1.29, 1.82) is 0 Å². The number of hydrogen-bond donors (Lipinski definition) is 1. The molecule has 0 saturated carbocycles. The highest BCUT2D eigenvalue weighted by atomic mass is 35.5. The van der Waals surface area contributed by atoms with Gasteiger partial charge in [0.25, 0.3) is 11.5 Å². The monoisotopic (exact) mass is 390 g/mol. The molecule has 0 bridgehead atoms. The summed E-state index contributed by atoms with van der Waals surface area (Å²) in [5.41, 5.74) is 4.07. The molecule has 7 heteroatoms. The number of pyridine rings is 1. The Morgan fingerprint density at radius 3 is 2.64 bits per heavy atom. The van der Waals surface area contributed by atoms with Gasteiger partial charge >= 0.3 is 0 Å². The van der Waals surface area contributed by atoms with Crippen LogP contribution in [-0.4, -0.2) is 20.6 Å². The molecule has 6 nitrogen and oxygen atoms in total. The molecule has 138 valence electrons. The molecule has 2 aromatic heterocycles. The van der Waals surface area contributed by atoms with E-state index in [1.807, 2.05) is 30.3 Å². The summed E-state index contributed by atoms with van der Waals surface area (Å²) >= 11 is 6.06. The number of nitrogens with zero attached hydrogens (tertiary/aromatic N) is 3. The first-order valence-electron chi connectivity index (χ1n) is 8.58. The van der Waals surface area contributed by atoms with Crippen LogP contribution in [0.3, 0.4) is 0 Å². The maximum absolute atomic E-state index is 13.1. The predicted molar refractivity (Wildman–Crippen MR) is 108 cm³/mol. The van der Waals surface area contributed by atoms with E-state index in [4.69, 9.17) is 11.6 Å². The minimum atomic E-state index is -0.445. The van der Waals surface area contributed by atoms with E-state index in [2.05, 4.69) is 15.4 Å². The van der Waals surface area contributed by atoms with E-state index in [1.54, 1.807) is 36.5 Å². The lowest BCUT2D eigenvalue weighted by Crippen LogP contribution is -2.36. The Kier molecular flexibility index (Phi) is 4.87. The second-order valence-electron chi connectivity index (χ2n) is 6.18. The van der Waals surface area contributed by atoms with Gasteiger partial charge in [0.2, 0.25) is 0 Å². The summed E-state index contributed by atoms with van der Waals surface area (Å²) in [6.07, 6.45) is 3.38. The van der Waals surface area contributed by atoms with Gasteiger partial charge in [0.15, 0.2) is 0 Å². The molecule has 0 aliphatic carbocycles. The molecule has 1 N–H and O–H groups in total. The molecule has 0 aliphatic heterocycles. The summed E-state index contributed by atoms with van der Waals surface area (Å²) in [5, 5.41) is 0.856. The van der Waals surface area contributed by atoms with Gasteiger partial charge in [0, 0.05) is 23.8 Å². The molecule has 0 saturated heterocycles. The highest BCUT2D eigenvalue weighted by molar-refractivity contribution is 6.31. The third-order valence-corrected chi connectivity index (χ3v) is 4.48. The Labute approximate surface area is 165 Å². The van der Waals surface area contributed by atoms with Crippen LogP contribution in [0.5, 0.6) is 0 Å². The van der Waals surface area contributed by atoms with Crippen LogP contribution < -0.4 is 11.0 Å². The standard InChI is InChI=1S/C21H15ClN4O2/c22-16-8-9-17-18(12-16)24-19(11-14-5-2-1-3-6-14)26(21(17)28)25-20(27)15-7-4-10-23-13-15/h1-10,12-13H,11H2,(H,25,27). The quantitative estimate of drug-likeness (QED) is 0.579. The number of benzene rings is 2. The van der Waals surface area contributed by atoms with Crippen molar-refractivity contribution in [2.24, 2.45) is 0 Å². The van der Waals surface area contributed by atoms with Gasteiger partial charge in [-0.3, -0.25) is 20.0 Å². The SMILES string of the molecule is O=C(Nn1c(Cc2ccccc2)nc2cc(Cl)ccc2c1=O)c1cccnc1. The minimum Gasteiger partial charge on any atom is -0.267 e. The normalized spacial score (nSPS) is 10.8. The van der Waals surface area contributed by atoms with E-state index < -0.39 is 5.91 Å². The Balaban J connectivity index is 1.83. The number of halogens is 1. The van der Waals surface area contributed by atoms with Crippen molar-refractivity contribution in [3.63, 3.8) is 0 Å². The number of nitrogens with one attached hydrogen (secondary N) is 1. The summed E-state index contributed by atoms with van der Waals surface area (Å²) in [6, 6.07) is 17.7. The lowest BCUT2D eigenvalue weighted by atomic mass is 10.1. The Bertz CT molecular complexity index is 1210. The molecule has 0 radical (unpaired) electrons. The van der Waals surface area contributed by atoms with Gasteiger partial charge in [0.1, 0.15) is 5.82 Å². The number of carbonyl (C=O) groups is 1. The van der Waals surface area contributed by atoms with Crippen LogP contribution in [0, 0.1) is 0 Å². The number of carbonyl (C=O) groups excluding carboxylic acids is 1. The topological polar surface area (TPSA) is 76.9 Å². The van der Waals surface area contributed by atoms with Crippen LogP contribution in [0.1, 0.15) is 21.7 Å². The van der Waals surface area contributed by atoms with E-state index in [0.29, 0.717) is 33.7 Å². The maximum Gasteiger partial charge on any atom is 0.280 e. The minimum absolute atomic E-state index is 0.344. The maximum atomic E-state index is 13.1. The number of amides is 1. The number of hydrogen-bond acceptors (Lipinski definition) is 4. The zero-order valence-corrected chi connectivity index (χ0v) is 15.4. The number of aromatic nitrogens is 3. The lowest BCUT2D eigenvalue weighted by molar-refractivity contribution is 0.101. The first-order chi connectivity index (χ1) is 13.6. The van der Waals surface area contributed by atoms with Crippen molar-refractivity contribution in [1.82, 2.24) is 14.6 Å². The highest BCUT2D eigenvalue weighted by Gasteiger charge is 2.15. The molecule has 1 amide bonds. The Morgan fingerprint density at radius 1 is 1.07 bits per heavy atom. The summed E-state index contributed by atoms with van der Waals surface area (Å²) in [7, 11) is 0. The smallest absolute Gasteiger partial charge is 0.267 e. The molecule has 0 spiro atoms. The van der Waals surface area contributed by atoms with Gasteiger partial charge in [-0.25, -0.2) is 9.66 Å².